The summed E-state index contributed by atoms with van der Waals surface area (Å²) in [6.45, 7) is 3.27. The van der Waals surface area contributed by atoms with Gasteiger partial charge in [0.25, 0.3) is 5.91 Å². The van der Waals surface area contributed by atoms with Gasteiger partial charge >= 0.3 is 0 Å². The number of anilines is 1. The largest absolute Gasteiger partial charge is 0.396 e. The molecule has 1 saturated heterocycles. The maximum atomic E-state index is 12.5. The van der Waals surface area contributed by atoms with Crippen LogP contribution in [0.1, 0.15) is 30.1 Å². The Hall–Kier alpha value is -0.970. The zero-order valence-electron chi connectivity index (χ0n) is 11.6. The first-order valence-corrected chi connectivity index (χ1v) is 7.21. The topological polar surface area (TPSA) is 55.6 Å². The van der Waals surface area contributed by atoms with Crippen molar-refractivity contribution in [2.45, 2.75) is 25.4 Å². The number of likely N-dealkylation sites (tertiary alicyclic amines) is 1. The minimum atomic E-state index is -0.296. The maximum absolute atomic E-state index is 12.5. The molecule has 4 nitrogen and oxygen atoms in total. The van der Waals surface area contributed by atoms with Gasteiger partial charge in [-0.25, -0.2) is 0 Å². The molecular weight excluding hydrogens is 299 g/mol. The number of ether oxygens (including phenoxy) is 1. The zero-order valence-corrected chi connectivity index (χ0v) is 13.1. The number of piperidine rings is 1. The molecule has 1 aliphatic rings. The number of nitrogens with two attached hydrogens (primary N) is 1. The fourth-order valence-electron chi connectivity index (χ4n) is 2.44. The summed E-state index contributed by atoms with van der Waals surface area (Å²) in [5, 5.41) is 0.597. The first kappa shape index (κ1) is 15.4. The van der Waals surface area contributed by atoms with E-state index in [9.17, 15) is 4.79 Å². The number of carbonyl (C=O) groups excluding carboxylic acids is 1. The van der Waals surface area contributed by atoms with E-state index in [0.29, 0.717) is 34.4 Å². The summed E-state index contributed by atoms with van der Waals surface area (Å²) < 4.78 is 5.50. The van der Waals surface area contributed by atoms with Crippen molar-refractivity contribution >= 4 is 34.8 Å². The quantitative estimate of drug-likeness (QED) is 0.852. The minimum Gasteiger partial charge on any atom is -0.396 e. The molecule has 0 spiro atoms. The van der Waals surface area contributed by atoms with E-state index in [1.807, 2.05) is 6.92 Å². The second kappa shape index (κ2) is 5.80. The van der Waals surface area contributed by atoms with E-state index in [4.69, 9.17) is 33.7 Å². The Morgan fingerprint density at radius 3 is 2.55 bits per heavy atom. The van der Waals surface area contributed by atoms with Crippen LogP contribution >= 0.6 is 23.2 Å². The Balaban J connectivity index is 2.23. The number of methoxy groups -OCH3 is 1. The van der Waals surface area contributed by atoms with Crippen LogP contribution in [0.3, 0.4) is 0 Å². The van der Waals surface area contributed by atoms with E-state index in [1.54, 1.807) is 24.1 Å². The molecule has 1 amide bonds. The molecule has 0 aliphatic carbocycles. The van der Waals surface area contributed by atoms with Gasteiger partial charge < -0.3 is 15.4 Å². The molecule has 0 radical (unpaired) electrons. The molecule has 6 heteroatoms. The van der Waals surface area contributed by atoms with Crippen molar-refractivity contribution in [1.82, 2.24) is 4.90 Å². The summed E-state index contributed by atoms with van der Waals surface area (Å²) in [4.78, 5) is 14.3. The number of carbonyl (C=O) groups is 1. The zero-order chi connectivity index (χ0) is 14.9. The Morgan fingerprint density at radius 1 is 1.40 bits per heavy atom. The predicted octanol–water partition coefficient (Wildman–Crippen LogP) is 3.22. The number of hydrogen-bond donors (Lipinski definition) is 1. The molecule has 2 rings (SSSR count). The molecule has 1 heterocycles. The monoisotopic (exact) mass is 316 g/mol. The van der Waals surface area contributed by atoms with E-state index in [2.05, 4.69) is 0 Å². The number of halogens is 2. The van der Waals surface area contributed by atoms with Crippen LogP contribution in [0.4, 0.5) is 5.69 Å². The first-order chi connectivity index (χ1) is 9.36. The lowest BCUT2D eigenvalue weighted by Crippen LogP contribution is -2.49. The molecule has 2 N–H and O–H groups in total. The van der Waals surface area contributed by atoms with E-state index in [0.717, 1.165) is 12.8 Å². The van der Waals surface area contributed by atoms with Crippen molar-refractivity contribution in [3.8, 4) is 0 Å². The van der Waals surface area contributed by atoms with Crippen LogP contribution in [0.5, 0.6) is 0 Å². The Bertz CT molecular complexity index is 513. The molecule has 1 fully saturated rings. The van der Waals surface area contributed by atoms with Crippen molar-refractivity contribution < 1.29 is 9.53 Å². The Kier molecular flexibility index (Phi) is 4.47. The van der Waals surface area contributed by atoms with Crippen molar-refractivity contribution in [3.05, 3.63) is 27.7 Å². The number of rotatable bonds is 2. The number of benzene rings is 1. The van der Waals surface area contributed by atoms with E-state index >= 15 is 0 Å². The van der Waals surface area contributed by atoms with Gasteiger partial charge in [0.05, 0.1) is 21.3 Å². The van der Waals surface area contributed by atoms with Crippen molar-refractivity contribution in [2.24, 2.45) is 0 Å². The number of nitrogen functional groups attached to an aromatic ring is 1. The van der Waals surface area contributed by atoms with Gasteiger partial charge in [-0.05, 0) is 31.9 Å². The summed E-state index contributed by atoms with van der Waals surface area (Å²) in [6.07, 6.45) is 1.85. The molecule has 1 aromatic carbocycles. The second-order valence-electron chi connectivity index (χ2n) is 5.34. The van der Waals surface area contributed by atoms with Gasteiger partial charge in [0.1, 0.15) is 0 Å². The Labute approximate surface area is 128 Å². The third-order valence-electron chi connectivity index (χ3n) is 3.76. The van der Waals surface area contributed by atoms with Crippen LogP contribution in [-0.2, 0) is 4.74 Å². The van der Waals surface area contributed by atoms with Crippen LogP contribution in [0.25, 0.3) is 0 Å². The summed E-state index contributed by atoms with van der Waals surface area (Å²) in [5.41, 5.74) is 6.14. The van der Waals surface area contributed by atoms with Crippen molar-refractivity contribution in [2.75, 3.05) is 25.9 Å². The van der Waals surface area contributed by atoms with Crippen molar-refractivity contribution in [1.29, 1.82) is 0 Å². The predicted molar refractivity (Wildman–Crippen MR) is 81.4 cm³/mol. The van der Waals surface area contributed by atoms with Crippen LogP contribution in [0.2, 0.25) is 10.0 Å². The van der Waals surface area contributed by atoms with Crippen LogP contribution in [0.15, 0.2) is 12.1 Å². The van der Waals surface area contributed by atoms with Gasteiger partial charge in [0, 0.05) is 25.8 Å². The molecule has 20 heavy (non-hydrogen) atoms. The van der Waals surface area contributed by atoms with Gasteiger partial charge in [0.15, 0.2) is 0 Å². The molecule has 0 saturated carbocycles. The molecule has 0 bridgehead atoms. The summed E-state index contributed by atoms with van der Waals surface area (Å²) in [6, 6.07) is 3.12. The van der Waals surface area contributed by atoms with E-state index in [-0.39, 0.29) is 11.5 Å². The summed E-state index contributed by atoms with van der Waals surface area (Å²) in [5.74, 6) is -0.100. The highest BCUT2D eigenvalue weighted by Gasteiger charge is 2.33. The smallest absolute Gasteiger partial charge is 0.254 e. The highest BCUT2D eigenvalue weighted by atomic mass is 35.5. The third-order valence-corrected chi connectivity index (χ3v) is 4.39. The SMILES string of the molecule is COC1(C)CCCN(C(=O)c2cc(Cl)c(N)c(Cl)c2)C1. The number of nitrogens with zero attached hydrogens (tertiary/aromatic N) is 1. The van der Waals surface area contributed by atoms with Crippen LogP contribution in [0, 0.1) is 0 Å². The second-order valence-corrected chi connectivity index (χ2v) is 6.15. The minimum absolute atomic E-state index is 0.100. The maximum Gasteiger partial charge on any atom is 0.254 e. The average molecular weight is 317 g/mol. The van der Waals surface area contributed by atoms with E-state index < -0.39 is 0 Å². The third kappa shape index (κ3) is 3.03. The lowest BCUT2D eigenvalue weighted by Gasteiger charge is -2.39. The van der Waals surface area contributed by atoms with Crippen LogP contribution in [-0.4, -0.2) is 36.6 Å². The fourth-order valence-corrected chi connectivity index (χ4v) is 2.92. The summed E-state index contributed by atoms with van der Waals surface area (Å²) >= 11 is 12.0. The summed E-state index contributed by atoms with van der Waals surface area (Å²) in [7, 11) is 1.67. The van der Waals surface area contributed by atoms with Crippen molar-refractivity contribution in [3.63, 3.8) is 0 Å². The van der Waals surface area contributed by atoms with Gasteiger partial charge in [-0.15, -0.1) is 0 Å². The number of hydrogen-bond acceptors (Lipinski definition) is 3. The van der Waals surface area contributed by atoms with Gasteiger partial charge in [-0.1, -0.05) is 23.2 Å². The lowest BCUT2D eigenvalue weighted by molar-refractivity contribution is -0.0440. The molecule has 110 valence electrons. The standard InChI is InChI=1S/C14H18Cl2N2O2/c1-14(20-2)4-3-5-18(8-14)13(19)9-6-10(15)12(17)11(16)7-9/h6-7H,3-5,8,17H2,1-2H3. The normalized spacial score (nSPS) is 22.9. The van der Waals surface area contributed by atoms with Gasteiger partial charge in [0.2, 0.25) is 0 Å². The molecule has 0 aromatic heterocycles. The Morgan fingerprint density at radius 2 is 2.00 bits per heavy atom. The number of amides is 1. The average Bonchev–Trinajstić information content (AvgIpc) is 2.43. The molecule has 1 unspecified atom stereocenters. The van der Waals surface area contributed by atoms with Gasteiger partial charge in [-0.3, -0.25) is 4.79 Å². The molecular formula is C14H18Cl2N2O2. The molecule has 1 atom stereocenters. The van der Waals surface area contributed by atoms with E-state index in [1.165, 1.54) is 0 Å². The molecule has 1 aromatic rings. The fraction of sp³-hybridized carbons (Fsp3) is 0.500. The van der Waals surface area contributed by atoms with Crippen LogP contribution < -0.4 is 5.73 Å². The highest BCUT2D eigenvalue weighted by molar-refractivity contribution is 6.39. The highest BCUT2D eigenvalue weighted by Crippen LogP contribution is 2.31. The first-order valence-electron chi connectivity index (χ1n) is 6.45. The lowest BCUT2D eigenvalue weighted by atomic mass is 9.94. The van der Waals surface area contributed by atoms with Gasteiger partial charge in [-0.2, -0.15) is 0 Å². The molecule has 1 aliphatic heterocycles.